The molecule has 0 atom stereocenters. The maximum atomic E-state index is 4.69. The maximum Gasteiger partial charge on any atom is 0.148 e. The first-order valence-electron chi connectivity index (χ1n) is 6.20. The minimum absolute atomic E-state index is 0.0399. The molecule has 0 saturated heterocycles. The van der Waals surface area contributed by atoms with Crippen molar-refractivity contribution in [2.24, 2.45) is 0 Å². The van der Waals surface area contributed by atoms with Crippen molar-refractivity contribution in [2.45, 2.75) is 38.3 Å². The van der Waals surface area contributed by atoms with Crippen LogP contribution < -0.4 is 5.32 Å². The molecule has 1 aromatic carbocycles. The zero-order valence-electron chi connectivity index (χ0n) is 10.3. The first-order valence-corrected chi connectivity index (χ1v) is 6.20. The van der Waals surface area contributed by atoms with Gasteiger partial charge in [0.2, 0.25) is 0 Å². The van der Waals surface area contributed by atoms with Crippen molar-refractivity contribution in [3.05, 3.63) is 36.3 Å². The number of aromatic nitrogens is 2. The average Bonchev–Trinajstić information content (AvgIpc) is 3.08. The van der Waals surface area contributed by atoms with Crippen molar-refractivity contribution >= 4 is 10.9 Å². The van der Waals surface area contributed by atoms with E-state index in [1.807, 2.05) is 24.4 Å². The molecule has 2 aromatic rings. The second kappa shape index (κ2) is 3.77. The molecule has 3 nitrogen and oxygen atoms in total. The van der Waals surface area contributed by atoms with Gasteiger partial charge >= 0.3 is 0 Å². The predicted molar refractivity (Wildman–Crippen MR) is 68.7 cm³/mol. The van der Waals surface area contributed by atoms with Gasteiger partial charge in [0.1, 0.15) is 5.82 Å². The first-order chi connectivity index (χ1) is 8.20. The Morgan fingerprint density at radius 1 is 1.24 bits per heavy atom. The normalized spacial score (nSPS) is 17.6. The summed E-state index contributed by atoms with van der Waals surface area (Å²) in [6.45, 7) is 4.34. The van der Waals surface area contributed by atoms with Gasteiger partial charge in [-0.2, -0.15) is 0 Å². The SMILES string of the molecule is CC(C)NC1(c2ncc3ccccc3n2)CC1. The molecule has 1 saturated carbocycles. The van der Waals surface area contributed by atoms with Crippen LogP contribution in [0.25, 0.3) is 10.9 Å². The van der Waals surface area contributed by atoms with Crippen molar-refractivity contribution < 1.29 is 0 Å². The largest absolute Gasteiger partial charge is 0.303 e. The van der Waals surface area contributed by atoms with E-state index in [0.717, 1.165) is 29.6 Å². The molecular formula is C14H17N3. The van der Waals surface area contributed by atoms with Gasteiger partial charge < -0.3 is 5.32 Å². The highest BCUT2D eigenvalue weighted by molar-refractivity contribution is 5.77. The third-order valence-electron chi connectivity index (χ3n) is 3.23. The maximum absolute atomic E-state index is 4.69. The monoisotopic (exact) mass is 227 g/mol. The summed E-state index contributed by atoms with van der Waals surface area (Å²) in [5, 5.41) is 4.69. The molecule has 1 aliphatic carbocycles. The van der Waals surface area contributed by atoms with Crippen LogP contribution in [-0.2, 0) is 5.54 Å². The number of para-hydroxylation sites is 1. The molecule has 0 unspecified atom stereocenters. The van der Waals surface area contributed by atoms with Crippen molar-refractivity contribution in [1.82, 2.24) is 15.3 Å². The van der Waals surface area contributed by atoms with Crippen LogP contribution in [0.15, 0.2) is 30.5 Å². The summed E-state index contributed by atoms with van der Waals surface area (Å²) in [4.78, 5) is 9.21. The molecule has 17 heavy (non-hydrogen) atoms. The Labute approximate surface area is 101 Å². The Hall–Kier alpha value is -1.48. The topological polar surface area (TPSA) is 37.8 Å². The Bertz CT molecular complexity index is 544. The Morgan fingerprint density at radius 3 is 2.71 bits per heavy atom. The lowest BCUT2D eigenvalue weighted by atomic mass is 10.2. The van der Waals surface area contributed by atoms with E-state index >= 15 is 0 Å². The molecule has 3 rings (SSSR count). The van der Waals surface area contributed by atoms with E-state index in [9.17, 15) is 0 Å². The molecule has 88 valence electrons. The highest BCUT2D eigenvalue weighted by Crippen LogP contribution is 2.44. The highest BCUT2D eigenvalue weighted by atomic mass is 15.1. The third-order valence-corrected chi connectivity index (χ3v) is 3.23. The zero-order chi connectivity index (χ0) is 11.9. The average molecular weight is 227 g/mol. The minimum atomic E-state index is 0.0399. The summed E-state index contributed by atoms with van der Waals surface area (Å²) < 4.78 is 0. The second-order valence-electron chi connectivity index (χ2n) is 5.13. The van der Waals surface area contributed by atoms with Gasteiger partial charge in [-0.05, 0) is 32.8 Å². The fraction of sp³-hybridized carbons (Fsp3) is 0.429. The summed E-state index contributed by atoms with van der Waals surface area (Å²) >= 11 is 0. The molecule has 1 heterocycles. The highest BCUT2D eigenvalue weighted by Gasteiger charge is 2.47. The van der Waals surface area contributed by atoms with Crippen molar-refractivity contribution in [3.63, 3.8) is 0 Å². The lowest BCUT2D eigenvalue weighted by Gasteiger charge is -2.19. The predicted octanol–water partition coefficient (Wildman–Crippen LogP) is 2.62. The molecule has 0 radical (unpaired) electrons. The van der Waals surface area contributed by atoms with Crippen LogP contribution in [0.2, 0.25) is 0 Å². The van der Waals surface area contributed by atoms with Gasteiger partial charge in [0.05, 0.1) is 11.1 Å². The standard InChI is InChI=1S/C14H17N3/c1-10(2)17-14(7-8-14)13-15-9-11-5-3-4-6-12(11)16-13/h3-6,9-10,17H,7-8H2,1-2H3. The smallest absolute Gasteiger partial charge is 0.148 e. The Morgan fingerprint density at radius 2 is 2.00 bits per heavy atom. The summed E-state index contributed by atoms with van der Waals surface area (Å²) in [6, 6.07) is 8.60. The van der Waals surface area contributed by atoms with Crippen molar-refractivity contribution in [1.29, 1.82) is 0 Å². The lowest BCUT2D eigenvalue weighted by Crippen LogP contribution is -2.36. The summed E-state index contributed by atoms with van der Waals surface area (Å²) in [5.41, 5.74) is 1.08. The first kappa shape index (κ1) is 10.7. The van der Waals surface area contributed by atoms with E-state index in [0.29, 0.717) is 6.04 Å². The molecule has 0 bridgehead atoms. The fourth-order valence-electron chi connectivity index (χ4n) is 2.31. The molecule has 1 fully saturated rings. The van der Waals surface area contributed by atoms with Crippen LogP contribution in [0.4, 0.5) is 0 Å². The molecule has 1 aliphatic rings. The lowest BCUT2D eigenvalue weighted by molar-refractivity contribution is 0.442. The van der Waals surface area contributed by atoms with Gasteiger partial charge in [0.15, 0.2) is 0 Å². The number of hydrogen-bond donors (Lipinski definition) is 1. The minimum Gasteiger partial charge on any atom is -0.303 e. The Balaban J connectivity index is 2.01. The molecular weight excluding hydrogens is 210 g/mol. The van der Waals surface area contributed by atoms with Crippen LogP contribution in [0, 0.1) is 0 Å². The number of hydrogen-bond acceptors (Lipinski definition) is 3. The zero-order valence-corrected chi connectivity index (χ0v) is 10.3. The molecule has 1 aromatic heterocycles. The molecule has 3 heteroatoms. The van der Waals surface area contributed by atoms with E-state index in [4.69, 9.17) is 0 Å². The van der Waals surface area contributed by atoms with Crippen molar-refractivity contribution in [3.8, 4) is 0 Å². The molecule has 1 N–H and O–H groups in total. The van der Waals surface area contributed by atoms with Crippen LogP contribution in [0.3, 0.4) is 0 Å². The second-order valence-corrected chi connectivity index (χ2v) is 5.13. The van der Waals surface area contributed by atoms with E-state index < -0.39 is 0 Å². The summed E-state index contributed by atoms with van der Waals surface area (Å²) in [7, 11) is 0. The fourth-order valence-corrected chi connectivity index (χ4v) is 2.31. The summed E-state index contributed by atoms with van der Waals surface area (Å²) in [6.07, 6.45) is 4.22. The van der Waals surface area contributed by atoms with Crippen LogP contribution in [0.5, 0.6) is 0 Å². The van der Waals surface area contributed by atoms with Crippen LogP contribution >= 0.6 is 0 Å². The van der Waals surface area contributed by atoms with Gasteiger partial charge in [0, 0.05) is 17.6 Å². The van der Waals surface area contributed by atoms with E-state index in [-0.39, 0.29) is 5.54 Å². The molecule has 0 spiro atoms. The van der Waals surface area contributed by atoms with E-state index in [2.05, 4.69) is 35.2 Å². The number of rotatable bonds is 3. The quantitative estimate of drug-likeness (QED) is 0.876. The molecule has 0 aliphatic heterocycles. The van der Waals surface area contributed by atoms with Crippen molar-refractivity contribution in [2.75, 3.05) is 0 Å². The van der Waals surface area contributed by atoms with Crippen LogP contribution in [0.1, 0.15) is 32.5 Å². The number of benzene rings is 1. The third kappa shape index (κ3) is 1.91. The van der Waals surface area contributed by atoms with Gasteiger partial charge in [0.25, 0.3) is 0 Å². The van der Waals surface area contributed by atoms with Gasteiger partial charge in [-0.3, -0.25) is 0 Å². The van der Waals surface area contributed by atoms with E-state index in [1.165, 1.54) is 0 Å². The molecule has 0 amide bonds. The van der Waals surface area contributed by atoms with Gasteiger partial charge in [-0.15, -0.1) is 0 Å². The number of nitrogens with one attached hydrogen (secondary N) is 1. The summed E-state index contributed by atoms with van der Waals surface area (Å²) in [5.74, 6) is 0.949. The van der Waals surface area contributed by atoms with E-state index in [1.54, 1.807) is 0 Å². The number of nitrogens with zero attached hydrogens (tertiary/aromatic N) is 2. The van der Waals surface area contributed by atoms with Crippen LogP contribution in [-0.4, -0.2) is 16.0 Å². The number of fused-ring (bicyclic) bond motifs is 1. The van der Waals surface area contributed by atoms with Gasteiger partial charge in [-0.1, -0.05) is 18.2 Å². The Kier molecular flexibility index (Phi) is 2.37. The van der Waals surface area contributed by atoms with Gasteiger partial charge in [-0.25, -0.2) is 9.97 Å².